The lowest BCUT2D eigenvalue weighted by Crippen LogP contribution is -2.50. The van der Waals surface area contributed by atoms with Crippen molar-refractivity contribution in [1.82, 2.24) is 0 Å². The van der Waals surface area contributed by atoms with Crippen LogP contribution in [0.15, 0.2) is 66.7 Å². The summed E-state index contributed by atoms with van der Waals surface area (Å²) in [6.07, 6.45) is 2.94. The van der Waals surface area contributed by atoms with Crippen LogP contribution in [-0.4, -0.2) is 44.5 Å². The first kappa shape index (κ1) is 26.2. The van der Waals surface area contributed by atoms with E-state index in [-0.39, 0.29) is 12.8 Å². The molecule has 0 bridgehead atoms. The third kappa shape index (κ3) is 4.51. The lowest BCUT2D eigenvalue weighted by atomic mass is 9.46. The van der Waals surface area contributed by atoms with Gasteiger partial charge in [0.2, 0.25) is 0 Å². The summed E-state index contributed by atoms with van der Waals surface area (Å²) in [5.74, 6) is -1.24. The fraction of sp³-hybridized carbons (Fsp3) is 0.448. The molecule has 0 N–H and O–H groups in total. The van der Waals surface area contributed by atoms with Crippen LogP contribution < -0.4 is 0 Å². The minimum atomic E-state index is -1.55. The number of allylic oxidation sites excluding steroid dienone is 2. The van der Waals surface area contributed by atoms with E-state index in [1.54, 1.807) is 0 Å². The van der Waals surface area contributed by atoms with E-state index in [0.29, 0.717) is 6.42 Å². The number of hydrogen-bond donors (Lipinski definition) is 0. The van der Waals surface area contributed by atoms with E-state index in [4.69, 9.17) is 18.8 Å². The van der Waals surface area contributed by atoms with Gasteiger partial charge in [0.25, 0.3) is 0 Å². The first-order chi connectivity index (χ1) is 17.0. The highest BCUT2D eigenvalue weighted by Gasteiger charge is 2.65. The van der Waals surface area contributed by atoms with Gasteiger partial charge in [-0.2, -0.15) is 0 Å². The lowest BCUT2D eigenvalue weighted by Gasteiger charge is -2.44. The van der Waals surface area contributed by atoms with Crippen molar-refractivity contribution in [1.29, 1.82) is 0 Å². The van der Waals surface area contributed by atoms with E-state index in [2.05, 4.69) is 6.08 Å². The maximum absolute atomic E-state index is 13.4. The monoisotopic (exact) mass is 490 g/mol. The minimum Gasteiger partial charge on any atom is -0.468 e. The molecule has 0 aromatic heterocycles. The fourth-order valence-corrected chi connectivity index (χ4v) is 5.40. The molecular weight excluding hydrogens is 455 g/mol. The molecule has 1 atom stereocenters. The van der Waals surface area contributed by atoms with E-state index >= 15 is 0 Å². The van der Waals surface area contributed by atoms with Crippen molar-refractivity contribution in [2.45, 2.75) is 63.5 Å². The van der Waals surface area contributed by atoms with Crippen molar-refractivity contribution in [3.63, 3.8) is 0 Å². The van der Waals surface area contributed by atoms with E-state index < -0.39 is 41.0 Å². The van der Waals surface area contributed by atoms with Crippen molar-refractivity contribution in [3.05, 3.63) is 77.9 Å². The van der Waals surface area contributed by atoms with Gasteiger partial charge in [0.1, 0.15) is 0 Å². The second kappa shape index (κ2) is 9.53. The third-order valence-electron chi connectivity index (χ3n) is 7.98. The smallest absolute Gasteiger partial charge is 0.468 e. The maximum atomic E-state index is 13.4. The predicted octanol–water partition coefficient (Wildman–Crippen LogP) is 5.27. The molecule has 190 valence electrons. The van der Waals surface area contributed by atoms with Gasteiger partial charge >= 0.3 is 19.1 Å². The first-order valence-electron chi connectivity index (χ1n) is 12.3. The molecule has 1 unspecified atom stereocenters. The van der Waals surface area contributed by atoms with Crippen LogP contribution in [0.25, 0.3) is 5.57 Å². The van der Waals surface area contributed by atoms with Crippen LogP contribution in [0, 0.1) is 5.41 Å². The van der Waals surface area contributed by atoms with Crippen LogP contribution >= 0.6 is 0 Å². The number of carbonyl (C=O) groups is 2. The molecule has 1 fully saturated rings. The Bertz CT molecular complexity index is 1110. The van der Waals surface area contributed by atoms with Crippen LogP contribution in [0.5, 0.6) is 0 Å². The Balaban J connectivity index is 1.97. The fourth-order valence-electron chi connectivity index (χ4n) is 5.40. The molecule has 4 rings (SSSR count). The van der Waals surface area contributed by atoms with Gasteiger partial charge in [-0.05, 0) is 63.7 Å². The van der Waals surface area contributed by atoms with Gasteiger partial charge < -0.3 is 18.8 Å². The van der Waals surface area contributed by atoms with Crippen molar-refractivity contribution in [3.8, 4) is 0 Å². The predicted molar refractivity (Wildman–Crippen MR) is 139 cm³/mol. The molecule has 1 aliphatic heterocycles. The zero-order valence-corrected chi connectivity index (χ0v) is 22.0. The highest BCUT2D eigenvalue weighted by Crippen LogP contribution is 2.59. The van der Waals surface area contributed by atoms with Crippen molar-refractivity contribution >= 4 is 24.6 Å². The zero-order valence-electron chi connectivity index (χ0n) is 22.0. The molecule has 7 heteroatoms. The number of esters is 2. The van der Waals surface area contributed by atoms with E-state index in [1.807, 2.05) is 88.4 Å². The minimum absolute atomic E-state index is 0.126. The highest BCUT2D eigenvalue weighted by atomic mass is 16.7. The Morgan fingerprint density at radius 2 is 1.33 bits per heavy atom. The van der Waals surface area contributed by atoms with Gasteiger partial charge in [0.05, 0.1) is 25.4 Å². The van der Waals surface area contributed by atoms with Crippen LogP contribution in [0.4, 0.5) is 0 Å². The first-order valence-corrected chi connectivity index (χ1v) is 12.3. The summed E-state index contributed by atoms with van der Waals surface area (Å²) in [5.41, 5.74) is 0.0623. The standard InChI is InChI=1S/C29H35BO6/c1-26(2)27(3,4)36-30(35-26)28(17-21-13-9-7-10-14-21)18-23(22-15-11-8-12-16-22)19-29(20-28,24(31)33-5)25(32)34-6/h7-16,18H,17,19-20H2,1-6H3. The second-order valence-corrected chi connectivity index (χ2v) is 10.9. The summed E-state index contributed by atoms with van der Waals surface area (Å²) in [7, 11) is 1.90. The number of hydrogen-bond acceptors (Lipinski definition) is 6. The molecule has 0 saturated carbocycles. The molecule has 0 spiro atoms. The summed E-state index contributed by atoms with van der Waals surface area (Å²) < 4.78 is 23.7. The number of benzene rings is 2. The van der Waals surface area contributed by atoms with Crippen LogP contribution in [0.2, 0.25) is 5.31 Å². The van der Waals surface area contributed by atoms with Gasteiger partial charge in [-0.15, -0.1) is 0 Å². The Morgan fingerprint density at radius 3 is 1.83 bits per heavy atom. The number of ether oxygens (including phenoxy) is 2. The largest absolute Gasteiger partial charge is 0.468 e. The Kier molecular flexibility index (Phi) is 6.93. The molecule has 2 aromatic carbocycles. The molecule has 6 nitrogen and oxygen atoms in total. The van der Waals surface area contributed by atoms with Gasteiger partial charge in [-0.1, -0.05) is 66.7 Å². The molecule has 2 aliphatic rings. The molecule has 1 aliphatic carbocycles. The Hall–Kier alpha value is -2.90. The topological polar surface area (TPSA) is 71.1 Å². The number of methoxy groups -OCH3 is 2. The van der Waals surface area contributed by atoms with E-state index in [0.717, 1.165) is 16.7 Å². The Morgan fingerprint density at radius 1 is 0.833 bits per heavy atom. The average Bonchev–Trinajstić information content (AvgIpc) is 3.10. The summed E-state index contributed by atoms with van der Waals surface area (Å²) in [6.45, 7) is 8.01. The molecule has 0 radical (unpaired) electrons. The van der Waals surface area contributed by atoms with Crippen molar-refractivity contribution in [2.24, 2.45) is 5.41 Å². The van der Waals surface area contributed by atoms with Crippen molar-refractivity contribution < 1.29 is 28.4 Å². The summed E-state index contributed by atoms with van der Waals surface area (Å²) in [4.78, 5) is 26.9. The summed E-state index contributed by atoms with van der Waals surface area (Å²) in [6, 6.07) is 19.8. The van der Waals surface area contributed by atoms with E-state index in [1.165, 1.54) is 14.2 Å². The molecule has 1 heterocycles. The van der Waals surface area contributed by atoms with Gasteiger partial charge in [-0.25, -0.2) is 0 Å². The third-order valence-corrected chi connectivity index (χ3v) is 7.98. The van der Waals surface area contributed by atoms with Gasteiger partial charge in [-0.3, -0.25) is 9.59 Å². The molecule has 1 saturated heterocycles. The van der Waals surface area contributed by atoms with Crippen LogP contribution in [0.1, 0.15) is 51.7 Å². The van der Waals surface area contributed by atoms with Crippen molar-refractivity contribution in [2.75, 3.05) is 14.2 Å². The second-order valence-electron chi connectivity index (χ2n) is 10.9. The number of carbonyl (C=O) groups excluding carboxylic acids is 2. The molecule has 2 aromatic rings. The van der Waals surface area contributed by atoms with Crippen LogP contribution in [0.3, 0.4) is 0 Å². The molecule has 36 heavy (non-hydrogen) atoms. The zero-order chi connectivity index (χ0) is 26.2. The normalized spacial score (nSPS) is 24.1. The highest BCUT2D eigenvalue weighted by molar-refractivity contribution is 6.51. The lowest BCUT2D eigenvalue weighted by molar-refractivity contribution is -0.170. The van der Waals surface area contributed by atoms with Gasteiger partial charge in [0.15, 0.2) is 5.41 Å². The maximum Gasteiger partial charge on any atom is 0.468 e. The number of rotatable bonds is 6. The molecular formula is C29H35BO6. The average molecular weight is 490 g/mol. The van der Waals surface area contributed by atoms with Gasteiger partial charge in [0, 0.05) is 5.31 Å². The molecule has 0 amide bonds. The SMILES string of the molecule is COC(=O)C1(C(=O)OC)CC(c2ccccc2)=CC(Cc2ccccc2)(B2OC(C)(C)C(C)(C)O2)C1. The quantitative estimate of drug-likeness (QED) is 0.312. The summed E-state index contributed by atoms with van der Waals surface area (Å²) in [5, 5.41) is -0.863. The van der Waals surface area contributed by atoms with Crippen LogP contribution in [-0.2, 0) is 34.8 Å². The summed E-state index contributed by atoms with van der Waals surface area (Å²) >= 11 is 0. The van der Waals surface area contributed by atoms with E-state index in [9.17, 15) is 9.59 Å². The Labute approximate surface area is 214 Å².